The fourth-order valence-electron chi connectivity index (χ4n) is 2.27. The molecule has 1 fully saturated rings. The van der Waals surface area contributed by atoms with Crippen LogP contribution in [0.25, 0.3) is 11.0 Å². The zero-order valence-electron chi connectivity index (χ0n) is 10.9. The van der Waals surface area contributed by atoms with Crippen LogP contribution >= 0.6 is 0 Å². The highest BCUT2D eigenvalue weighted by Gasteiger charge is 2.24. The summed E-state index contributed by atoms with van der Waals surface area (Å²) in [4.78, 5) is 23.2. The summed E-state index contributed by atoms with van der Waals surface area (Å²) in [5.74, 6) is 0.412. The molecule has 6 nitrogen and oxygen atoms in total. The van der Waals surface area contributed by atoms with Gasteiger partial charge in [0.2, 0.25) is 5.91 Å². The van der Waals surface area contributed by atoms with Gasteiger partial charge >= 0.3 is 0 Å². The largest absolute Gasteiger partial charge is 0.493 e. The fourth-order valence-corrected chi connectivity index (χ4v) is 2.27. The Morgan fingerprint density at radius 2 is 2.35 bits per heavy atom. The van der Waals surface area contributed by atoms with Crippen molar-refractivity contribution in [3.63, 3.8) is 0 Å². The van der Waals surface area contributed by atoms with Gasteiger partial charge in [-0.15, -0.1) is 0 Å². The molecule has 6 heteroatoms. The summed E-state index contributed by atoms with van der Waals surface area (Å²) in [7, 11) is 1.55. The van der Waals surface area contributed by atoms with Gasteiger partial charge < -0.3 is 19.8 Å². The van der Waals surface area contributed by atoms with Crippen LogP contribution in [0, 0.1) is 0 Å². The summed E-state index contributed by atoms with van der Waals surface area (Å²) in [5, 5.41) is 6.24. The number of nitrogens with one attached hydrogen (secondary N) is 2. The number of benzene rings is 1. The lowest BCUT2D eigenvalue weighted by atomic mass is 10.2. The first kappa shape index (κ1) is 12.5. The minimum atomic E-state index is -0.329. The number of rotatable bonds is 3. The standard InChI is InChI=1S/C14H14N2O4/c1-19-10-4-2-3-8-5-11(20-13(8)10)14(18)16-9-6-12(17)15-7-9/h2-5,9H,6-7H2,1H3,(H,15,17)(H,16,18)/t9-/m1/s1. The van der Waals surface area contributed by atoms with Crippen molar-refractivity contribution in [3.05, 3.63) is 30.0 Å². The number of hydrogen-bond acceptors (Lipinski definition) is 4. The van der Waals surface area contributed by atoms with Crippen LogP contribution in [0.2, 0.25) is 0 Å². The molecule has 1 aliphatic rings. The number of fused-ring (bicyclic) bond motifs is 1. The SMILES string of the molecule is COc1cccc2cc(C(=O)N[C@H]3CNC(=O)C3)oc12. The van der Waals surface area contributed by atoms with E-state index in [4.69, 9.17) is 9.15 Å². The second-order valence-electron chi connectivity index (χ2n) is 4.67. The van der Waals surface area contributed by atoms with E-state index in [1.807, 2.05) is 12.1 Å². The lowest BCUT2D eigenvalue weighted by Gasteiger charge is -2.08. The Morgan fingerprint density at radius 3 is 3.05 bits per heavy atom. The zero-order chi connectivity index (χ0) is 14.1. The Bertz CT molecular complexity index is 677. The summed E-state index contributed by atoms with van der Waals surface area (Å²) in [6.45, 7) is 0.453. The molecule has 1 aliphatic heterocycles. The van der Waals surface area contributed by atoms with E-state index >= 15 is 0 Å². The first-order valence-corrected chi connectivity index (χ1v) is 6.31. The van der Waals surface area contributed by atoms with Gasteiger partial charge in [0.05, 0.1) is 13.2 Å². The zero-order valence-corrected chi connectivity index (χ0v) is 10.9. The molecule has 1 saturated heterocycles. The van der Waals surface area contributed by atoms with Gasteiger partial charge in [0.1, 0.15) is 0 Å². The molecule has 104 valence electrons. The van der Waals surface area contributed by atoms with Crippen molar-refractivity contribution in [1.29, 1.82) is 0 Å². The first-order chi connectivity index (χ1) is 9.67. The summed E-state index contributed by atoms with van der Waals surface area (Å²) in [6, 6.07) is 6.92. The van der Waals surface area contributed by atoms with Crippen molar-refractivity contribution in [1.82, 2.24) is 10.6 Å². The normalized spacial score (nSPS) is 18.1. The molecule has 2 amide bonds. The number of ether oxygens (including phenoxy) is 1. The number of hydrogen-bond donors (Lipinski definition) is 2. The maximum Gasteiger partial charge on any atom is 0.287 e. The molecule has 3 rings (SSSR count). The van der Waals surface area contributed by atoms with Gasteiger partial charge in [-0.25, -0.2) is 0 Å². The van der Waals surface area contributed by atoms with E-state index in [0.717, 1.165) is 5.39 Å². The average molecular weight is 274 g/mol. The van der Waals surface area contributed by atoms with Crippen molar-refractivity contribution in [2.75, 3.05) is 13.7 Å². The van der Waals surface area contributed by atoms with E-state index in [1.165, 1.54) is 0 Å². The summed E-state index contributed by atoms with van der Waals surface area (Å²) in [6.07, 6.45) is 0.301. The minimum absolute atomic E-state index is 0.0541. The van der Waals surface area contributed by atoms with Crippen molar-refractivity contribution >= 4 is 22.8 Å². The second-order valence-corrected chi connectivity index (χ2v) is 4.67. The number of para-hydroxylation sites is 1. The molecule has 0 spiro atoms. The average Bonchev–Trinajstić information content (AvgIpc) is 3.04. The molecule has 0 aliphatic carbocycles. The number of carbonyl (C=O) groups is 2. The Balaban J connectivity index is 1.83. The summed E-state index contributed by atoms with van der Waals surface area (Å²) >= 11 is 0. The Labute approximate surface area is 115 Å². The van der Waals surface area contributed by atoms with E-state index in [0.29, 0.717) is 24.3 Å². The van der Waals surface area contributed by atoms with Crippen LogP contribution in [0.4, 0.5) is 0 Å². The van der Waals surface area contributed by atoms with Gasteiger partial charge in [-0.3, -0.25) is 9.59 Å². The van der Waals surface area contributed by atoms with Gasteiger partial charge in [0.25, 0.3) is 5.91 Å². The Kier molecular flexibility index (Phi) is 3.06. The van der Waals surface area contributed by atoms with Gasteiger partial charge in [-0.05, 0) is 12.1 Å². The fraction of sp³-hybridized carbons (Fsp3) is 0.286. The molecular formula is C14H14N2O4. The summed E-state index contributed by atoms with van der Waals surface area (Å²) < 4.78 is 10.7. The van der Waals surface area contributed by atoms with Crippen LogP contribution in [-0.2, 0) is 4.79 Å². The smallest absolute Gasteiger partial charge is 0.287 e. The maximum absolute atomic E-state index is 12.1. The van der Waals surface area contributed by atoms with E-state index in [9.17, 15) is 9.59 Å². The molecule has 2 aromatic rings. The molecule has 1 aromatic heterocycles. The van der Waals surface area contributed by atoms with Crippen molar-refractivity contribution in [2.45, 2.75) is 12.5 Å². The molecule has 0 saturated carbocycles. The first-order valence-electron chi connectivity index (χ1n) is 6.31. The van der Waals surface area contributed by atoms with Crippen molar-refractivity contribution in [2.24, 2.45) is 0 Å². The third-order valence-corrected chi connectivity index (χ3v) is 3.26. The lowest BCUT2D eigenvalue weighted by Crippen LogP contribution is -2.35. The van der Waals surface area contributed by atoms with Crippen molar-refractivity contribution < 1.29 is 18.7 Å². The van der Waals surface area contributed by atoms with Crippen LogP contribution in [-0.4, -0.2) is 31.5 Å². The molecule has 1 aromatic carbocycles. The van der Waals surface area contributed by atoms with E-state index in [-0.39, 0.29) is 23.6 Å². The third-order valence-electron chi connectivity index (χ3n) is 3.26. The topological polar surface area (TPSA) is 80.6 Å². The highest BCUT2D eigenvalue weighted by Crippen LogP contribution is 2.28. The quantitative estimate of drug-likeness (QED) is 0.877. The van der Waals surface area contributed by atoms with Gasteiger partial charge in [-0.2, -0.15) is 0 Å². The number of amides is 2. The highest BCUT2D eigenvalue weighted by molar-refractivity contribution is 5.97. The molecular weight excluding hydrogens is 260 g/mol. The van der Waals surface area contributed by atoms with Crippen LogP contribution < -0.4 is 15.4 Å². The van der Waals surface area contributed by atoms with Gasteiger partial charge in [-0.1, -0.05) is 12.1 Å². The molecule has 0 unspecified atom stereocenters. The predicted octanol–water partition coefficient (Wildman–Crippen LogP) is 1.06. The maximum atomic E-state index is 12.1. The molecule has 20 heavy (non-hydrogen) atoms. The second kappa shape index (κ2) is 4.88. The van der Waals surface area contributed by atoms with Crippen LogP contribution in [0.15, 0.2) is 28.7 Å². The molecule has 1 atom stereocenters. The molecule has 0 radical (unpaired) electrons. The summed E-state index contributed by atoms with van der Waals surface area (Å²) in [5.41, 5.74) is 0.542. The lowest BCUT2D eigenvalue weighted by molar-refractivity contribution is -0.119. The number of carbonyl (C=O) groups excluding carboxylic acids is 2. The predicted molar refractivity (Wildman–Crippen MR) is 71.6 cm³/mol. The Hall–Kier alpha value is -2.50. The van der Waals surface area contributed by atoms with E-state index < -0.39 is 0 Å². The van der Waals surface area contributed by atoms with Crippen LogP contribution in [0.3, 0.4) is 0 Å². The number of furan rings is 1. The minimum Gasteiger partial charge on any atom is -0.493 e. The van der Waals surface area contributed by atoms with E-state index in [1.54, 1.807) is 19.2 Å². The number of methoxy groups -OCH3 is 1. The highest BCUT2D eigenvalue weighted by atomic mass is 16.5. The molecule has 2 N–H and O–H groups in total. The van der Waals surface area contributed by atoms with Gasteiger partial charge in [0, 0.05) is 18.4 Å². The van der Waals surface area contributed by atoms with E-state index in [2.05, 4.69) is 10.6 Å². The van der Waals surface area contributed by atoms with Crippen molar-refractivity contribution in [3.8, 4) is 5.75 Å². The monoisotopic (exact) mass is 274 g/mol. The molecule has 0 bridgehead atoms. The molecule has 2 heterocycles. The third kappa shape index (κ3) is 2.20. The van der Waals surface area contributed by atoms with Gasteiger partial charge in [0.15, 0.2) is 17.1 Å². The van der Waals surface area contributed by atoms with Crippen LogP contribution in [0.5, 0.6) is 5.75 Å². The Morgan fingerprint density at radius 1 is 1.50 bits per heavy atom. The van der Waals surface area contributed by atoms with Crippen LogP contribution in [0.1, 0.15) is 17.0 Å².